The van der Waals surface area contributed by atoms with Crippen molar-refractivity contribution in [2.45, 2.75) is 32.7 Å². The molecule has 0 aliphatic carbocycles. The predicted octanol–water partition coefficient (Wildman–Crippen LogP) is 2.61. The summed E-state index contributed by atoms with van der Waals surface area (Å²) in [6.45, 7) is 6.92. The van der Waals surface area contributed by atoms with Crippen LogP contribution in [0.4, 0.5) is 5.95 Å². The monoisotopic (exact) mass is 336 g/mol. The number of rotatable bonds is 11. The average Bonchev–Trinajstić information content (AvgIpc) is 2.99. The van der Waals surface area contributed by atoms with Crippen molar-refractivity contribution in [2.75, 3.05) is 31.1 Å². The van der Waals surface area contributed by atoms with Gasteiger partial charge in [-0.15, -0.1) is 0 Å². The Morgan fingerprint density at radius 3 is 2.70 bits per heavy atom. The van der Waals surface area contributed by atoms with Gasteiger partial charge in [0.2, 0.25) is 5.95 Å². The lowest BCUT2D eigenvalue weighted by Crippen LogP contribution is -2.34. The van der Waals surface area contributed by atoms with Gasteiger partial charge in [-0.05, 0) is 31.9 Å². The summed E-state index contributed by atoms with van der Waals surface area (Å²) in [5.74, 6) is 0.812. The molecule has 0 fully saturated rings. The summed E-state index contributed by atoms with van der Waals surface area (Å²) in [5.41, 5.74) is 0. The van der Waals surface area contributed by atoms with Crippen LogP contribution in [0, 0.1) is 0 Å². The molecule has 0 amide bonds. The molecular weight excluding hydrogens is 312 g/mol. The van der Waals surface area contributed by atoms with Crippen LogP contribution in [0.3, 0.4) is 0 Å². The minimum atomic E-state index is 0.697. The van der Waals surface area contributed by atoms with Crippen LogP contribution in [0.5, 0.6) is 0 Å². The Bertz CT molecular complexity index is 545. The Hall–Kier alpha value is -1.66. The van der Waals surface area contributed by atoms with Crippen molar-refractivity contribution >= 4 is 17.5 Å². The summed E-state index contributed by atoms with van der Waals surface area (Å²) in [5, 5.41) is 8.35. The Morgan fingerprint density at radius 2 is 2.00 bits per heavy atom. The highest BCUT2D eigenvalue weighted by Gasteiger charge is 2.06. The zero-order chi connectivity index (χ0) is 16.3. The quantitative estimate of drug-likeness (QED) is 0.639. The first-order chi connectivity index (χ1) is 11.3. The molecule has 6 nitrogen and oxygen atoms in total. The highest BCUT2D eigenvalue weighted by atomic mass is 35.5. The summed E-state index contributed by atoms with van der Waals surface area (Å²) < 4.78 is 1.89. The zero-order valence-corrected chi connectivity index (χ0v) is 14.4. The molecule has 2 rings (SSSR count). The van der Waals surface area contributed by atoms with Crippen molar-refractivity contribution in [1.29, 1.82) is 0 Å². The van der Waals surface area contributed by atoms with Crippen LogP contribution in [0.25, 0.3) is 0 Å². The van der Waals surface area contributed by atoms with Crippen molar-refractivity contribution in [3.8, 4) is 0 Å². The highest BCUT2D eigenvalue weighted by molar-refractivity contribution is 6.30. The molecule has 2 aromatic rings. The maximum Gasteiger partial charge on any atom is 0.225 e. The van der Waals surface area contributed by atoms with E-state index in [0.29, 0.717) is 5.02 Å². The van der Waals surface area contributed by atoms with Gasteiger partial charge in [-0.25, -0.2) is 9.97 Å². The zero-order valence-electron chi connectivity index (χ0n) is 13.7. The Morgan fingerprint density at radius 1 is 1.17 bits per heavy atom. The fourth-order valence-corrected chi connectivity index (χ4v) is 2.52. The molecule has 0 spiro atoms. The van der Waals surface area contributed by atoms with Crippen LogP contribution in [-0.2, 0) is 6.54 Å². The lowest BCUT2D eigenvalue weighted by molar-refractivity contribution is 0.534. The number of aryl methyl sites for hydroxylation is 1. The molecule has 2 aromatic heterocycles. The Labute approximate surface area is 142 Å². The van der Waals surface area contributed by atoms with E-state index in [1.54, 1.807) is 18.6 Å². The van der Waals surface area contributed by atoms with Gasteiger partial charge in [0.25, 0.3) is 0 Å². The molecule has 7 heteroatoms. The molecule has 2 heterocycles. The van der Waals surface area contributed by atoms with Crippen LogP contribution in [0.2, 0.25) is 5.02 Å². The number of unbranched alkanes of at least 4 members (excludes halogenated alkanes) is 1. The molecule has 0 aromatic carbocycles. The largest absolute Gasteiger partial charge is 0.340 e. The maximum atomic E-state index is 5.84. The molecule has 23 heavy (non-hydrogen) atoms. The second-order valence-corrected chi connectivity index (χ2v) is 5.85. The summed E-state index contributed by atoms with van der Waals surface area (Å²) in [7, 11) is 0. The van der Waals surface area contributed by atoms with Crippen molar-refractivity contribution in [1.82, 2.24) is 25.1 Å². The SMILES string of the molecule is CCCN(CCNCCCCn1cc(Cl)cn1)c1ncccn1. The second kappa shape index (κ2) is 10.2. The number of nitrogens with zero attached hydrogens (tertiary/aromatic N) is 5. The van der Waals surface area contributed by atoms with Crippen LogP contribution in [0.1, 0.15) is 26.2 Å². The molecule has 126 valence electrons. The molecule has 1 N–H and O–H groups in total. The molecule has 0 saturated heterocycles. The third kappa shape index (κ3) is 6.54. The van der Waals surface area contributed by atoms with Gasteiger partial charge in [-0.3, -0.25) is 4.68 Å². The summed E-state index contributed by atoms with van der Waals surface area (Å²) in [4.78, 5) is 10.9. The van der Waals surface area contributed by atoms with Gasteiger partial charge in [0.1, 0.15) is 0 Å². The number of halogens is 1. The van der Waals surface area contributed by atoms with Gasteiger partial charge in [-0.2, -0.15) is 5.10 Å². The topological polar surface area (TPSA) is 58.9 Å². The van der Waals surface area contributed by atoms with Crippen molar-refractivity contribution < 1.29 is 0 Å². The highest BCUT2D eigenvalue weighted by Crippen LogP contribution is 2.06. The van der Waals surface area contributed by atoms with Crippen molar-refractivity contribution in [3.05, 3.63) is 35.9 Å². The van der Waals surface area contributed by atoms with Crippen molar-refractivity contribution in [3.63, 3.8) is 0 Å². The van der Waals surface area contributed by atoms with Crippen LogP contribution in [0.15, 0.2) is 30.9 Å². The third-order valence-corrected chi connectivity index (χ3v) is 3.67. The standard InChI is InChI=1S/C16H25ClN6/c1-2-10-22(16-19-7-5-8-20-16)12-9-18-6-3-4-11-23-14-15(17)13-21-23/h5,7-8,13-14,18H,2-4,6,9-12H2,1H3. The molecule has 0 atom stereocenters. The minimum Gasteiger partial charge on any atom is -0.340 e. The fraction of sp³-hybridized carbons (Fsp3) is 0.562. The number of anilines is 1. The lowest BCUT2D eigenvalue weighted by Gasteiger charge is -2.21. The van der Waals surface area contributed by atoms with Crippen LogP contribution in [-0.4, -0.2) is 45.9 Å². The fourth-order valence-electron chi connectivity index (χ4n) is 2.36. The predicted molar refractivity (Wildman–Crippen MR) is 93.9 cm³/mol. The normalized spacial score (nSPS) is 10.9. The maximum absolute atomic E-state index is 5.84. The molecule has 0 bridgehead atoms. The summed E-state index contributed by atoms with van der Waals surface area (Å²) in [6.07, 6.45) is 10.4. The molecule has 0 aliphatic rings. The van der Waals surface area contributed by atoms with E-state index in [2.05, 4.69) is 32.2 Å². The Balaban J connectivity index is 1.58. The molecule has 0 aliphatic heterocycles. The van der Waals surface area contributed by atoms with E-state index in [1.807, 2.05) is 16.9 Å². The van der Waals surface area contributed by atoms with Gasteiger partial charge in [0.15, 0.2) is 0 Å². The van der Waals surface area contributed by atoms with Crippen LogP contribution < -0.4 is 10.2 Å². The smallest absolute Gasteiger partial charge is 0.225 e. The van der Waals surface area contributed by atoms with E-state index in [-0.39, 0.29) is 0 Å². The number of hydrogen-bond acceptors (Lipinski definition) is 5. The molecule has 0 radical (unpaired) electrons. The summed E-state index contributed by atoms with van der Waals surface area (Å²) in [6, 6.07) is 1.85. The number of aromatic nitrogens is 4. The van der Waals surface area contributed by atoms with Gasteiger partial charge in [-0.1, -0.05) is 18.5 Å². The molecule has 0 unspecified atom stereocenters. The van der Waals surface area contributed by atoms with E-state index in [4.69, 9.17) is 11.6 Å². The van der Waals surface area contributed by atoms with E-state index < -0.39 is 0 Å². The lowest BCUT2D eigenvalue weighted by atomic mass is 10.3. The van der Waals surface area contributed by atoms with E-state index >= 15 is 0 Å². The Kier molecular flexibility index (Phi) is 7.83. The third-order valence-electron chi connectivity index (χ3n) is 3.48. The van der Waals surface area contributed by atoms with Gasteiger partial charge >= 0.3 is 0 Å². The van der Waals surface area contributed by atoms with Gasteiger partial charge < -0.3 is 10.2 Å². The number of nitrogens with one attached hydrogen (secondary N) is 1. The first-order valence-corrected chi connectivity index (χ1v) is 8.58. The molecule has 0 saturated carbocycles. The van der Waals surface area contributed by atoms with Crippen LogP contribution >= 0.6 is 11.6 Å². The van der Waals surface area contributed by atoms with Gasteiger partial charge in [0.05, 0.1) is 11.2 Å². The minimum absolute atomic E-state index is 0.697. The van der Waals surface area contributed by atoms with E-state index in [1.165, 1.54) is 0 Å². The molecular formula is C16H25ClN6. The first-order valence-electron chi connectivity index (χ1n) is 8.20. The van der Waals surface area contributed by atoms with Gasteiger partial charge in [0, 0.05) is 44.8 Å². The average molecular weight is 337 g/mol. The van der Waals surface area contributed by atoms with Crippen molar-refractivity contribution in [2.24, 2.45) is 0 Å². The second-order valence-electron chi connectivity index (χ2n) is 5.41. The number of hydrogen-bond donors (Lipinski definition) is 1. The van der Waals surface area contributed by atoms with E-state index in [9.17, 15) is 0 Å². The summed E-state index contributed by atoms with van der Waals surface area (Å²) >= 11 is 5.84. The van der Waals surface area contributed by atoms with E-state index in [0.717, 1.165) is 57.9 Å². The first kappa shape index (κ1) is 17.7.